The average molecular weight is 197 g/mol. The fraction of sp³-hybridized carbons (Fsp3) is 0.111. The minimum Gasteiger partial charge on any atom is -0.507 e. The monoisotopic (exact) mass is 197 g/mol. The van der Waals surface area contributed by atoms with Crippen molar-refractivity contribution in [3.05, 3.63) is 29.8 Å². The van der Waals surface area contributed by atoms with E-state index in [2.05, 4.69) is 0 Å². The Labute approximate surface area is 80.2 Å². The van der Waals surface area contributed by atoms with E-state index in [-0.39, 0.29) is 11.3 Å². The molecule has 14 heavy (non-hydrogen) atoms. The maximum Gasteiger partial charge on any atom is 0.352 e. The van der Waals surface area contributed by atoms with Gasteiger partial charge in [0.1, 0.15) is 11.3 Å². The standard InChI is InChI=1S/C7H6O3.C2H3O2/c8-6-4-2-1-3-5(6)7(9)10;1-2(3)4/h1-4,8H,(H,9,10);1H3. The van der Waals surface area contributed by atoms with Crippen LogP contribution in [0.4, 0.5) is 0 Å². The van der Waals surface area contributed by atoms with Crippen LogP contribution in [0.2, 0.25) is 0 Å². The number of hydrogen-bond acceptors (Lipinski definition) is 3. The summed E-state index contributed by atoms with van der Waals surface area (Å²) in [7, 11) is 0. The topological polar surface area (TPSA) is 94.5 Å². The third-order valence-electron chi connectivity index (χ3n) is 1.13. The number of aromatic carboxylic acids is 1. The summed E-state index contributed by atoms with van der Waals surface area (Å²) in [6, 6.07) is 5.81. The zero-order chi connectivity index (χ0) is 11.1. The highest BCUT2D eigenvalue weighted by atomic mass is 16.4. The van der Waals surface area contributed by atoms with E-state index >= 15 is 0 Å². The van der Waals surface area contributed by atoms with Crippen molar-refractivity contribution >= 4 is 11.9 Å². The summed E-state index contributed by atoms with van der Waals surface area (Å²) in [4.78, 5) is 19.2. The van der Waals surface area contributed by atoms with E-state index in [0.717, 1.165) is 6.92 Å². The lowest BCUT2D eigenvalue weighted by Crippen LogP contribution is -1.95. The van der Waals surface area contributed by atoms with Crippen LogP contribution in [0, 0.1) is 0 Å². The van der Waals surface area contributed by atoms with Crippen LogP contribution in [0.3, 0.4) is 0 Å². The van der Waals surface area contributed by atoms with E-state index in [1.165, 1.54) is 12.1 Å². The van der Waals surface area contributed by atoms with Gasteiger partial charge in [0.25, 0.3) is 0 Å². The first-order valence-electron chi connectivity index (χ1n) is 3.64. The maximum absolute atomic E-state index is 10.3. The zero-order valence-corrected chi connectivity index (χ0v) is 7.43. The lowest BCUT2D eigenvalue weighted by molar-refractivity contribution is -0.140. The Morgan fingerprint density at radius 3 is 1.93 bits per heavy atom. The van der Waals surface area contributed by atoms with Gasteiger partial charge in [-0.05, 0) is 12.1 Å². The molecule has 5 nitrogen and oxygen atoms in total. The molecule has 0 spiro atoms. The number of phenols is 1. The Kier molecular flexibility index (Phi) is 4.77. The molecule has 0 atom stereocenters. The van der Waals surface area contributed by atoms with Crippen LogP contribution in [0.25, 0.3) is 0 Å². The summed E-state index contributed by atoms with van der Waals surface area (Å²) >= 11 is 0. The second-order valence-corrected chi connectivity index (χ2v) is 2.31. The molecule has 1 rings (SSSR count). The molecule has 75 valence electrons. The molecule has 1 radical (unpaired) electrons. The summed E-state index contributed by atoms with van der Waals surface area (Å²) in [6.45, 7) is 0.972. The summed E-state index contributed by atoms with van der Waals surface area (Å²) in [5.41, 5.74) is -0.0671. The van der Waals surface area contributed by atoms with Gasteiger partial charge < -0.3 is 10.2 Å². The van der Waals surface area contributed by atoms with Crippen molar-refractivity contribution in [1.29, 1.82) is 0 Å². The predicted octanol–water partition coefficient (Wildman–Crippen LogP) is 1.05. The van der Waals surface area contributed by atoms with Crippen LogP contribution < -0.4 is 0 Å². The minimum absolute atomic E-state index is 0.0671. The number of hydrogen-bond donors (Lipinski definition) is 2. The van der Waals surface area contributed by atoms with Gasteiger partial charge in [-0.3, -0.25) is 0 Å². The van der Waals surface area contributed by atoms with E-state index in [4.69, 9.17) is 20.1 Å². The van der Waals surface area contributed by atoms with Gasteiger partial charge in [-0.25, -0.2) is 14.7 Å². The molecule has 0 bridgehead atoms. The second-order valence-electron chi connectivity index (χ2n) is 2.31. The van der Waals surface area contributed by atoms with Gasteiger partial charge in [0.05, 0.1) is 0 Å². The molecule has 2 N–H and O–H groups in total. The van der Waals surface area contributed by atoms with E-state index in [0.29, 0.717) is 0 Å². The Hall–Kier alpha value is -2.04. The quantitative estimate of drug-likeness (QED) is 0.703. The van der Waals surface area contributed by atoms with Crippen LogP contribution in [0.5, 0.6) is 5.75 Å². The van der Waals surface area contributed by atoms with Gasteiger partial charge in [-0.2, -0.15) is 0 Å². The number of carboxylic acids is 1. The summed E-state index contributed by atoms with van der Waals surface area (Å²) < 4.78 is 0. The van der Waals surface area contributed by atoms with Crippen molar-refractivity contribution in [2.75, 3.05) is 0 Å². The molecule has 0 aliphatic rings. The van der Waals surface area contributed by atoms with Crippen molar-refractivity contribution in [3.63, 3.8) is 0 Å². The van der Waals surface area contributed by atoms with Crippen LogP contribution in [0.1, 0.15) is 17.3 Å². The fourth-order valence-corrected chi connectivity index (χ4v) is 0.654. The van der Waals surface area contributed by atoms with Gasteiger partial charge in [0.2, 0.25) is 0 Å². The normalized spacial score (nSPS) is 8.36. The Morgan fingerprint density at radius 1 is 1.21 bits per heavy atom. The number of carboxylic acid groups (broad SMARTS) is 1. The van der Waals surface area contributed by atoms with Crippen LogP contribution >= 0.6 is 0 Å². The predicted molar refractivity (Wildman–Crippen MR) is 46.4 cm³/mol. The average Bonchev–Trinajstić information content (AvgIpc) is 2.03. The van der Waals surface area contributed by atoms with Crippen molar-refractivity contribution < 1.29 is 24.9 Å². The molecule has 0 amide bonds. The molecule has 0 saturated heterocycles. The van der Waals surface area contributed by atoms with Crippen molar-refractivity contribution in [2.24, 2.45) is 0 Å². The molecule has 0 aromatic heterocycles. The van der Waals surface area contributed by atoms with Gasteiger partial charge in [-0.15, -0.1) is 0 Å². The van der Waals surface area contributed by atoms with Gasteiger partial charge >= 0.3 is 11.9 Å². The van der Waals surface area contributed by atoms with E-state index in [1.807, 2.05) is 0 Å². The minimum atomic E-state index is -1.11. The highest BCUT2D eigenvalue weighted by Crippen LogP contribution is 2.14. The van der Waals surface area contributed by atoms with Crippen molar-refractivity contribution in [2.45, 2.75) is 6.92 Å². The maximum atomic E-state index is 10.3. The van der Waals surface area contributed by atoms with E-state index in [9.17, 15) is 4.79 Å². The number of benzene rings is 1. The number of rotatable bonds is 1. The smallest absolute Gasteiger partial charge is 0.352 e. The van der Waals surface area contributed by atoms with Gasteiger partial charge in [-0.1, -0.05) is 12.1 Å². The zero-order valence-electron chi connectivity index (χ0n) is 7.43. The molecule has 5 heteroatoms. The Bertz CT molecular complexity index is 328. The number of carbonyl (C=O) groups is 2. The highest BCUT2D eigenvalue weighted by Gasteiger charge is 2.05. The van der Waals surface area contributed by atoms with Gasteiger partial charge in [0.15, 0.2) is 0 Å². The molecule has 0 aliphatic heterocycles. The molecule has 0 fully saturated rings. The number of carbonyl (C=O) groups excluding carboxylic acids is 1. The third-order valence-corrected chi connectivity index (χ3v) is 1.13. The number of para-hydroxylation sites is 1. The summed E-state index contributed by atoms with van der Waals surface area (Å²) in [5, 5.41) is 26.2. The second kappa shape index (κ2) is 5.58. The van der Waals surface area contributed by atoms with Crippen molar-refractivity contribution in [3.8, 4) is 5.75 Å². The van der Waals surface area contributed by atoms with Crippen LogP contribution in [0.15, 0.2) is 24.3 Å². The first-order valence-corrected chi connectivity index (χ1v) is 3.64. The van der Waals surface area contributed by atoms with Crippen LogP contribution in [-0.4, -0.2) is 22.2 Å². The van der Waals surface area contributed by atoms with Crippen LogP contribution in [-0.2, 0) is 9.90 Å². The molecule has 0 heterocycles. The van der Waals surface area contributed by atoms with Crippen molar-refractivity contribution in [1.82, 2.24) is 0 Å². The highest BCUT2D eigenvalue weighted by molar-refractivity contribution is 5.90. The lowest BCUT2D eigenvalue weighted by Gasteiger charge is -1.95. The SMILES string of the molecule is CC([O])=O.O=C(O)c1ccccc1O. The molecule has 0 unspecified atom stereocenters. The lowest BCUT2D eigenvalue weighted by atomic mass is 10.2. The molecule has 0 saturated carbocycles. The molecule has 1 aromatic carbocycles. The third kappa shape index (κ3) is 4.76. The molecular formula is C9H9O5. The van der Waals surface area contributed by atoms with E-state index in [1.54, 1.807) is 12.1 Å². The van der Waals surface area contributed by atoms with Gasteiger partial charge in [0, 0.05) is 6.92 Å². The summed E-state index contributed by atoms with van der Waals surface area (Å²) in [5.74, 6) is -2.40. The first kappa shape index (κ1) is 12.0. The molecular weight excluding hydrogens is 188 g/mol. The first-order chi connectivity index (χ1) is 6.45. The number of aromatic hydroxyl groups is 1. The largest absolute Gasteiger partial charge is 0.507 e. The molecule has 0 aliphatic carbocycles. The molecule has 1 aromatic rings. The Balaban J connectivity index is 0.000000364. The van der Waals surface area contributed by atoms with E-state index < -0.39 is 11.9 Å². The summed E-state index contributed by atoms with van der Waals surface area (Å²) in [6.07, 6.45) is 0. The fourth-order valence-electron chi connectivity index (χ4n) is 0.654. The Morgan fingerprint density at radius 2 is 1.64 bits per heavy atom.